The summed E-state index contributed by atoms with van der Waals surface area (Å²) in [6.07, 6.45) is 4.94. The van der Waals surface area contributed by atoms with Crippen molar-refractivity contribution in [2.45, 2.75) is 97.5 Å². The summed E-state index contributed by atoms with van der Waals surface area (Å²) in [7, 11) is 3.32. The van der Waals surface area contributed by atoms with E-state index in [0.29, 0.717) is 64.1 Å². The fourth-order valence-electron chi connectivity index (χ4n) is 9.74. The van der Waals surface area contributed by atoms with E-state index in [-0.39, 0.29) is 36.5 Å². The van der Waals surface area contributed by atoms with Gasteiger partial charge in [-0.15, -0.1) is 0 Å². The fraction of sp³-hybridized carbons (Fsp3) is 0.521. The summed E-state index contributed by atoms with van der Waals surface area (Å²) in [4.78, 5) is 62.0. The highest BCUT2D eigenvalue weighted by atomic mass is 16.5. The minimum Gasteiger partial charge on any atom is -0.508 e. The topological polar surface area (TPSA) is 167 Å². The standard InChI is InChI=1S/C48H63N7O7/c1-8-54-41-13-12-32-23-37(41)38(43(54)36-11-9-16-50-40(36)26-61-7)24-47(4,5)28-62-29-48(27-56)15-10-18-55(52-48)46(60)39(21-31-19-34(32)22-35(57)20-31)51-44(58)42(30(2)3)53(6)45(59)33-14-17-49-25-33/h9,11-13,16,19-20,22-23,27,30,33,39,42,49,52,57H,8,10,14-15,17-18,21,24-26,28-29H2,1-7H3,(H,51,58)/t33-,39-,42-,48?/m0/s1. The molecule has 5 heterocycles. The number of nitrogens with one attached hydrogen (secondary N) is 3. The average Bonchev–Trinajstić information content (AvgIpc) is 3.89. The summed E-state index contributed by atoms with van der Waals surface area (Å²) in [6, 6.07) is 13.7. The van der Waals surface area contributed by atoms with Gasteiger partial charge in [-0.2, -0.15) is 0 Å². The van der Waals surface area contributed by atoms with E-state index in [1.165, 1.54) is 9.91 Å². The quantitative estimate of drug-likeness (QED) is 0.159. The first-order chi connectivity index (χ1) is 29.7. The zero-order valence-electron chi connectivity index (χ0n) is 37.3. The van der Waals surface area contributed by atoms with Crippen molar-refractivity contribution >= 4 is 34.9 Å². The summed E-state index contributed by atoms with van der Waals surface area (Å²) >= 11 is 0. The number of phenols is 1. The first-order valence-electron chi connectivity index (χ1n) is 22.0. The monoisotopic (exact) mass is 849 g/mol. The van der Waals surface area contributed by atoms with Crippen LogP contribution in [-0.2, 0) is 54.6 Å². The van der Waals surface area contributed by atoms with Gasteiger partial charge in [0, 0.05) is 62.9 Å². The number of aryl methyl sites for hydroxylation is 1. The molecule has 2 aromatic heterocycles. The average molecular weight is 850 g/mol. The third kappa shape index (κ3) is 9.29. The molecule has 1 unspecified atom stereocenters. The Morgan fingerprint density at radius 2 is 1.95 bits per heavy atom. The minimum absolute atomic E-state index is 0.0149. The Hall–Kier alpha value is -5.15. The number of methoxy groups -OCH3 is 1. The maximum atomic E-state index is 14.7. The number of aromatic hydroxyl groups is 1. The van der Waals surface area contributed by atoms with Crippen LogP contribution in [0.3, 0.4) is 0 Å². The lowest BCUT2D eigenvalue weighted by Gasteiger charge is -2.42. The van der Waals surface area contributed by atoms with Crippen LogP contribution in [0.15, 0.2) is 54.7 Å². The zero-order valence-corrected chi connectivity index (χ0v) is 37.3. The van der Waals surface area contributed by atoms with E-state index in [1.54, 1.807) is 32.5 Å². The van der Waals surface area contributed by atoms with Crippen LogP contribution in [0.2, 0.25) is 0 Å². The van der Waals surface area contributed by atoms with Crippen LogP contribution >= 0.6 is 0 Å². The van der Waals surface area contributed by atoms with Gasteiger partial charge in [0.2, 0.25) is 11.8 Å². The number of carbonyl (C=O) groups excluding carboxylic acids is 4. The van der Waals surface area contributed by atoms with Gasteiger partial charge in [-0.3, -0.25) is 24.4 Å². The highest BCUT2D eigenvalue weighted by molar-refractivity contribution is 5.96. The molecule has 4 aromatic rings. The largest absolute Gasteiger partial charge is 0.508 e. The Bertz CT molecular complexity index is 2300. The summed E-state index contributed by atoms with van der Waals surface area (Å²) in [5, 5.41) is 20.0. The molecule has 2 fully saturated rings. The van der Waals surface area contributed by atoms with Gasteiger partial charge in [0.25, 0.3) is 5.91 Å². The number of nitrogens with zero attached hydrogens (tertiary/aromatic N) is 4. The number of benzene rings is 2. The molecule has 62 heavy (non-hydrogen) atoms. The molecule has 3 aliphatic rings. The normalized spacial score (nSPS) is 22.3. The second-order valence-corrected chi connectivity index (χ2v) is 18.5. The highest BCUT2D eigenvalue weighted by Gasteiger charge is 2.41. The first-order valence-corrected chi connectivity index (χ1v) is 22.0. The molecule has 0 radical (unpaired) electrons. The molecule has 332 valence electrons. The number of fused-ring (bicyclic) bond motifs is 6. The van der Waals surface area contributed by atoms with Gasteiger partial charge >= 0.3 is 0 Å². The van der Waals surface area contributed by atoms with Crippen molar-refractivity contribution in [1.29, 1.82) is 0 Å². The number of hydrogen-bond donors (Lipinski definition) is 4. The van der Waals surface area contributed by atoms with E-state index in [1.807, 2.05) is 32.0 Å². The number of hydrazine groups is 1. The first kappa shape index (κ1) is 44.9. The number of carbonyl (C=O) groups is 4. The van der Waals surface area contributed by atoms with Crippen LogP contribution in [0, 0.1) is 17.3 Å². The maximum Gasteiger partial charge on any atom is 0.259 e. The third-order valence-electron chi connectivity index (χ3n) is 12.7. The predicted octanol–water partition coefficient (Wildman–Crippen LogP) is 5.03. The zero-order chi connectivity index (χ0) is 44.3. The second kappa shape index (κ2) is 18.7. The molecule has 14 nitrogen and oxygen atoms in total. The van der Waals surface area contributed by atoms with Crippen LogP contribution in [0.25, 0.3) is 33.3 Å². The van der Waals surface area contributed by atoms with Crippen LogP contribution in [0.4, 0.5) is 0 Å². The molecule has 0 spiro atoms. The Balaban J connectivity index is 1.35. The van der Waals surface area contributed by atoms with E-state index in [4.69, 9.17) is 14.5 Å². The molecule has 0 saturated carbocycles. The molecule has 3 aliphatic heterocycles. The third-order valence-corrected chi connectivity index (χ3v) is 12.7. The Morgan fingerprint density at radius 3 is 2.66 bits per heavy atom. The number of aromatic nitrogens is 2. The molecule has 4 atom stereocenters. The Morgan fingerprint density at radius 1 is 1.15 bits per heavy atom. The lowest BCUT2D eigenvalue weighted by molar-refractivity contribution is -0.148. The van der Waals surface area contributed by atoms with Gasteiger partial charge in [-0.05, 0) is 109 Å². The lowest BCUT2D eigenvalue weighted by atomic mass is 9.84. The summed E-state index contributed by atoms with van der Waals surface area (Å²) in [5.41, 5.74) is 8.90. The predicted molar refractivity (Wildman–Crippen MR) is 238 cm³/mol. The van der Waals surface area contributed by atoms with Crippen molar-refractivity contribution in [3.05, 3.63) is 71.5 Å². The van der Waals surface area contributed by atoms with E-state index in [0.717, 1.165) is 57.4 Å². The molecule has 7 rings (SSSR count). The lowest BCUT2D eigenvalue weighted by Crippen LogP contribution is -2.66. The van der Waals surface area contributed by atoms with E-state index in [9.17, 15) is 24.3 Å². The molecule has 3 amide bonds. The van der Waals surface area contributed by atoms with Crippen molar-refractivity contribution in [2.75, 3.05) is 47.0 Å². The number of rotatable bonds is 10. The molecule has 2 aromatic carbocycles. The summed E-state index contributed by atoms with van der Waals surface area (Å²) in [6.45, 7) is 13.2. The van der Waals surface area contributed by atoms with Crippen molar-refractivity contribution in [3.63, 3.8) is 0 Å². The van der Waals surface area contributed by atoms with Gasteiger partial charge in [0.05, 0.1) is 37.1 Å². The summed E-state index contributed by atoms with van der Waals surface area (Å²) in [5.74, 6) is -1.49. The fourth-order valence-corrected chi connectivity index (χ4v) is 9.74. The summed E-state index contributed by atoms with van der Waals surface area (Å²) < 4.78 is 14.4. The van der Waals surface area contributed by atoms with Gasteiger partial charge in [0.1, 0.15) is 29.7 Å². The number of pyridine rings is 1. The smallest absolute Gasteiger partial charge is 0.259 e. The van der Waals surface area contributed by atoms with Crippen LogP contribution < -0.4 is 16.1 Å². The van der Waals surface area contributed by atoms with Gasteiger partial charge < -0.3 is 39.5 Å². The van der Waals surface area contributed by atoms with Crippen LogP contribution in [0.1, 0.15) is 70.7 Å². The van der Waals surface area contributed by atoms with Crippen molar-refractivity contribution in [2.24, 2.45) is 17.3 Å². The maximum absolute atomic E-state index is 14.7. The van der Waals surface area contributed by atoms with Gasteiger partial charge in [0.15, 0.2) is 0 Å². The molecule has 0 aliphatic carbocycles. The number of hydrogen-bond acceptors (Lipinski definition) is 10. The number of phenolic OH excluding ortho intramolecular Hbond substituents is 1. The SMILES string of the molecule is CCn1c(-c2cccnc2COC)c2c3cc(ccc31)-c1cc(O)cc(c1)C[C@H](NC(=O)[C@H](C(C)C)N(C)C(=O)[C@H]1CCNC1)C(=O)N1CCCC(C=O)(COCC(C)(C)C2)N1. The van der Waals surface area contributed by atoms with Crippen molar-refractivity contribution in [1.82, 2.24) is 35.5 Å². The van der Waals surface area contributed by atoms with Crippen LogP contribution in [0.5, 0.6) is 5.75 Å². The van der Waals surface area contributed by atoms with E-state index < -0.39 is 34.9 Å². The number of amides is 3. The Kier molecular flexibility index (Phi) is 13.5. The van der Waals surface area contributed by atoms with Gasteiger partial charge in [-0.1, -0.05) is 39.8 Å². The van der Waals surface area contributed by atoms with Crippen molar-refractivity contribution in [3.8, 4) is 28.1 Å². The molecule has 6 bridgehead atoms. The van der Waals surface area contributed by atoms with Crippen LogP contribution in [-0.4, -0.2) is 113 Å². The Labute approximate surface area is 364 Å². The minimum atomic E-state index is -1.19. The van der Waals surface area contributed by atoms with Crippen molar-refractivity contribution < 1.29 is 33.8 Å². The second-order valence-electron chi connectivity index (χ2n) is 18.5. The molecular formula is C48H63N7O7. The van der Waals surface area contributed by atoms with Gasteiger partial charge in [-0.25, -0.2) is 5.43 Å². The molecule has 4 N–H and O–H groups in total. The van der Waals surface area contributed by atoms with E-state index in [2.05, 4.69) is 59.6 Å². The number of ether oxygens (including phenoxy) is 2. The highest BCUT2D eigenvalue weighted by Crippen LogP contribution is 2.41. The number of aldehydes is 1. The van der Waals surface area contributed by atoms with E-state index >= 15 is 0 Å². The molecular weight excluding hydrogens is 787 g/mol. The molecule has 14 heteroatoms. The molecule has 2 saturated heterocycles. The number of likely N-dealkylation sites (N-methyl/N-ethyl adjacent to an activating group) is 1.